The average molecular weight is 889 g/mol. The number of β-amino-alcohol motifs (C(OH)–C–C–N with tert-alkyl or cyclic N) is 1. The number of pyridine rings is 2. The van der Waals surface area contributed by atoms with Crippen LogP contribution in [0.5, 0.6) is 0 Å². The highest BCUT2D eigenvalue weighted by atomic mass is 19.1. The fourth-order valence-electron chi connectivity index (χ4n) is 9.74. The predicted molar refractivity (Wildman–Crippen MR) is 245 cm³/mol. The molecule has 4 aromatic rings. The molecule has 9 rings (SSSR count). The summed E-state index contributed by atoms with van der Waals surface area (Å²) < 4.78 is 32.6. The smallest absolute Gasteiger partial charge is 0.320 e. The molecule has 64 heavy (non-hydrogen) atoms. The summed E-state index contributed by atoms with van der Waals surface area (Å²) in [5, 5.41) is 35.5. The maximum atomic E-state index is 13.8. The van der Waals surface area contributed by atoms with Crippen molar-refractivity contribution in [2.75, 3.05) is 88.4 Å². The van der Waals surface area contributed by atoms with Gasteiger partial charge >= 0.3 is 11.9 Å². The van der Waals surface area contributed by atoms with Crippen molar-refractivity contribution >= 4 is 45.1 Å². The van der Waals surface area contributed by atoms with Crippen molar-refractivity contribution in [2.24, 2.45) is 17.6 Å². The Bertz CT molecular complexity index is 2120. The topological polar surface area (TPSA) is 184 Å². The molecular weight excluding hydrogens is 823 g/mol. The number of carboxylic acid groups (broad SMARTS) is 2. The molecule has 14 nitrogen and oxygen atoms in total. The van der Waals surface area contributed by atoms with Gasteiger partial charge in [-0.15, -0.1) is 0 Å². The molecule has 5 heterocycles. The fraction of sp³-hybridized carbons (Fsp3) is 0.583. The van der Waals surface area contributed by atoms with Gasteiger partial charge in [0.25, 0.3) is 0 Å². The van der Waals surface area contributed by atoms with E-state index in [-0.39, 0.29) is 30.0 Å². The second-order valence-electron chi connectivity index (χ2n) is 18.1. The quantitative estimate of drug-likeness (QED) is 0.108. The molecule has 0 spiro atoms. The number of nitrogens with two attached hydrogens (primary N) is 1. The number of ether oxygens (including phenoxy) is 1. The Morgan fingerprint density at radius 1 is 0.703 bits per heavy atom. The SMILES string of the molecule is Fc1ccc2ccnc(N3CCN(CC4CO4)CC3)c2c1.N[C@@H](C(=O)O)C1CCCCC1.O=C(O)[C@H](NC[C@@H](O)CN1CCN(c2nccc3ccc(F)cc23)CC1)C1CCCCC1. The van der Waals surface area contributed by atoms with Gasteiger partial charge in [-0.25, -0.2) is 18.7 Å². The molecule has 5 aliphatic rings. The first-order valence-electron chi connectivity index (χ1n) is 23.3. The van der Waals surface area contributed by atoms with E-state index in [1.807, 2.05) is 18.2 Å². The minimum absolute atomic E-state index is 0.148. The summed E-state index contributed by atoms with van der Waals surface area (Å²) >= 11 is 0. The lowest BCUT2D eigenvalue weighted by atomic mass is 9.84. The monoisotopic (exact) mass is 889 g/mol. The van der Waals surface area contributed by atoms with Crippen LogP contribution in [0.4, 0.5) is 20.4 Å². The molecule has 0 amide bonds. The van der Waals surface area contributed by atoms with Gasteiger partial charge < -0.3 is 40.9 Å². The number of anilines is 2. The van der Waals surface area contributed by atoms with Crippen molar-refractivity contribution in [3.05, 3.63) is 72.6 Å². The van der Waals surface area contributed by atoms with Crippen LogP contribution < -0.4 is 20.9 Å². The van der Waals surface area contributed by atoms with Crippen LogP contribution in [-0.4, -0.2) is 150 Å². The van der Waals surface area contributed by atoms with E-state index in [0.29, 0.717) is 12.6 Å². The first kappa shape index (κ1) is 47.4. The first-order chi connectivity index (χ1) is 31.0. The number of benzene rings is 2. The van der Waals surface area contributed by atoms with Crippen molar-refractivity contribution in [3.8, 4) is 0 Å². The number of rotatable bonds is 13. The summed E-state index contributed by atoms with van der Waals surface area (Å²) in [5.41, 5.74) is 5.49. The van der Waals surface area contributed by atoms with Crippen molar-refractivity contribution < 1.29 is 38.4 Å². The number of piperazine rings is 2. The molecule has 2 aromatic carbocycles. The van der Waals surface area contributed by atoms with Crippen LogP contribution in [0, 0.1) is 23.5 Å². The summed E-state index contributed by atoms with van der Waals surface area (Å²) in [4.78, 5) is 40.2. The van der Waals surface area contributed by atoms with Crippen LogP contribution >= 0.6 is 0 Å². The summed E-state index contributed by atoms with van der Waals surface area (Å²) in [6.07, 6.45) is 14.1. The maximum absolute atomic E-state index is 13.8. The Balaban J connectivity index is 0.000000163. The van der Waals surface area contributed by atoms with Crippen LogP contribution in [0.15, 0.2) is 60.9 Å². The number of aliphatic carboxylic acids is 2. The summed E-state index contributed by atoms with van der Waals surface area (Å²) in [5.74, 6) is -0.0879. The zero-order valence-corrected chi connectivity index (χ0v) is 36.9. The number of aliphatic hydroxyl groups is 1. The Morgan fingerprint density at radius 2 is 1.19 bits per heavy atom. The number of hydrogen-bond donors (Lipinski definition) is 5. The van der Waals surface area contributed by atoms with Crippen LogP contribution in [0.2, 0.25) is 0 Å². The van der Waals surface area contributed by atoms with E-state index in [2.05, 4.69) is 34.9 Å². The highest BCUT2D eigenvalue weighted by molar-refractivity contribution is 5.93. The third-order valence-electron chi connectivity index (χ3n) is 13.5. The number of hydrogen-bond acceptors (Lipinski definition) is 12. The van der Waals surface area contributed by atoms with Gasteiger partial charge in [-0.2, -0.15) is 0 Å². The second kappa shape index (κ2) is 23.0. The second-order valence-corrected chi connectivity index (χ2v) is 18.1. The molecule has 4 atom stereocenters. The van der Waals surface area contributed by atoms with Crippen LogP contribution in [0.3, 0.4) is 0 Å². The lowest BCUT2D eigenvalue weighted by Gasteiger charge is -2.37. The number of carbonyl (C=O) groups is 2. The van der Waals surface area contributed by atoms with Crippen molar-refractivity contribution in [2.45, 2.75) is 88.5 Å². The lowest BCUT2D eigenvalue weighted by Crippen LogP contribution is -2.52. The zero-order chi connectivity index (χ0) is 45.0. The molecule has 5 fully saturated rings. The van der Waals surface area contributed by atoms with Crippen molar-refractivity contribution in [3.63, 3.8) is 0 Å². The predicted octanol–water partition coefficient (Wildman–Crippen LogP) is 5.35. The summed E-state index contributed by atoms with van der Waals surface area (Å²) in [6, 6.07) is 12.3. The largest absolute Gasteiger partial charge is 0.480 e. The first-order valence-corrected chi connectivity index (χ1v) is 23.3. The van der Waals surface area contributed by atoms with Crippen molar-refractivity contribution in [1.29, 1.82) is 0 Å². The molecular formula is C48H66F2N8O6. The van der Waals surface area contributed by atoms with E-state index < -0.39 is 30.1 Å². The van der Waals surface area contributed by atoms with Gasteiger partial charge in [0.15, 0.2) is 0 Å². The standard InChI is InChI=1S/C24H33FN4O3.C16H18FN3O.C8H15NO2/c25-19-7-6-17-8-9-26-23(21(17)14-19)29-12-10-28(11-13-29)16-20(30)15-27-22(24(31)32)18-4-2-1-3-5-18;17-13-2-1-12-3-4-18-16(15(12)9-13)20-7-5-19(6-8-20)10-14-11-21-14;9-7(8(10)11)6-4-2-1-3-5-6/h6-9,14,18,20,22,27,30H,1-5,10-13,15-16H2,(H,31,32);1-4,9,14H,5-8,10-11H2;6-7H,1-5,9H2,(H,10,11)/t20-,22-;;7-/m1.1/s1. The number of carboxylic acids is 2. The number of nitrogens with zero attached hydrogens (tertiary/aromatic N) is 6. The molecule has 16 heteroatoms. The molecule has 2 aliphatic carbocycles. The highest BCUT2D eigenvalue weighted by Crippen LogP contribution is 2.30. The van der Waals surface area contributed by atoms with E-state index in [4.69, 9.17) is 15.6 Å². The number of aliphatic hydroxyl groups excluding tert-OH is 1. The third-order valence-corrected chi connectivity index (χ3v) is 13.5. The fourth-order valence-corrected chi connectivity index (χ4v) is 9.74. The number of halogens is 2. The lowest BCUT2D eigenvalue weighted by molar-refractivity contribution is -0.142. The van der Waals surface area contributed by atoms with E-state index in [1.54, 1.807) is 24.5 Å². The van der Waals surface area contributed by atoms with E-state index >= 15 is 0 Å². The maximum Gasteiger partial charge on any atom is 0.320 e. The average Bonchev–Trinajstić information content (AvgIpc) is 4.14. The van der Waals surface area contributed by atoms with Crippen molar-refractivity contribution in [1.82, 2.24) is 25.1 Å². The minimum Gasteiger partial charge on any atom is -0.480 e. The van der Waals surface area contributed by atoms with Gasteiger partial charge in [0.2, 0.25) is 0 Å². The van der Waals surface area contributed by atoms with Gasteiger partial charge in [0.05, 0.1) is 18.8 Å². The number of fused-ring (bicyclic) bond motifs is 2. The van der Waals surface area contributed by atoms with Gasteiger partial charge in [0.1, 0.15) is 35.4 Å². The van der Waals surface area contributed by atoms with E-state index in [9.17, 15) is 28.6 Å². The Kier molecular flexibility index (Phi) is 17.1. The molecule has 6 N–H and O–H groups in total. The number of aromatic nitrogens is 2. The van der Waals surface area contributed by atoms with Gasteiger partial charge in [-0.1, -0.05) is 50.7 Å². The molecule has 0 radical (unpaired) electrons. The number of nitrogens with one attached hydrogen (secondary N) is 1. The van der Waals surface area contributed by atoms with Crippen LogP contribution in [-0.2, 0) is 14.3 Å². The molecule has 3 saturated heterocycles. The third kappa shape index (κ3) is 13.3. The zero-order valence-electron chi connectivity index (χ0n) is 36.9. The Labute approximate surface area is 374 Å². The van der Waals surface area contributed by atoms with Crippen LogP contribution in [0.1, 0.15) is 64.2 Å². The molecule has 2 saturated carbocycles. The molecule has 348 valence electrons. The van der Waals surface area contributed by atoms with Crippen LogP contribution in [0.25, 0.3) is 21.5 Å². The van der Waals surface area contributed by atoms with E-state index in [1.165, 1.54) is 31.0 Å². The Morgan fingerprint density at radius 3 is 1.66 bits per heavy atom. The number of epoxide rings is 1. The van der Waals surface area contributed by atoms with E-state index in [0.717, 1.165) is 150 Å². The normalized spacial score (nSPS) is 21.6. The van der Waals surface area contributed by atoms with Gasteiger partial charge in [0, 0.05) is 95.2 Å². The molecule has 0 bridgehead atoms. The van der Waals surface area contributed by atoms with Gasteiger partial charge in [-0.05, 0) is 84.7 Å². The molecule has 2 aromatic heterocycles. The highest BCUT2D eigenvalue weighted by Gasteiger charge is 2.31. The van der Waals surface area contributed by atoms with Gasteiger partial charge in [-0.3, -0.25) is 19.4 Å². The Hall–Kier alpha value is -4.58. The summed E-state index contributed by atoms with van der Waals surface area (Å²) in [7, 11) is 0. The molecule has 1 unspecified atom stereocenters. The molecule has 3 aliphatic heterocycles. The summed E-state index contributed by atoms with van der Waals surface area (Å²) in [6.45, 7) is 9.57. The minimum atomic E-state index is -0.850.